The molecule has 5 rings (SSSR count). The second kappa shape index (κ2) is 8.50. The summed E-state index contributed by atoms with van der Waals surface area (Å²) in [6.07, 6.45) is 5.09. The quantitative estimate of drug-likeness (QED) is 0.630. The summed E-state index contributed by atoms with van der Waals surface area (Å²) in [6, 6.07) is 2.52. The summed E-state index contributed by atoms with van der Waals surface area (Å²) in [4.78, 5) is 26.8. The van der Waals surface area contributed by atoms with Gasteiger partial charge >= 0.3 is 0 Å². The van der Waals surface area contributed by atoms with Crippen LogP contribution in [0, 0.1) is 0 Å². The minimum Gasteiger partial charge on any atom is -0.377 e. The number of morpholine rings is 1. The third-order valence-electron chi connectivity index (χ3n) is 5.84. The van der Waals surface area contributed by atoms with E-state index in [-0.39, 0.29) is 6.04 Å². The van der Waals surface area contributed by atoms with Crippen molar-refractivity contribution in [2.75, 3.05) is 57.9 Å². The maximum Gasteiger partial charge on any atom is 0.165 e. The van der Waals surface area contributed by atoms with E-state index in [0.29, 0.717) is 5.82 Å². The Morgan fingerprint density at radius 3 is 2.67 bits per heavy atom. The number of ether oxygens (including phenoxy) is 1. The largest absolute Gasteiger partial charge is 0.377 e. The molecular weight excluding hydrogens is 398 g/mol. The lowest BCUT2D eigenvalue weighted by Crippen LogP contribution is -2.44. The molecule has 8 nitrogen and oxygen atoms in total. The van der Waals surface area contributed by atoms with Crippen LogP contribution in [0.3, 0.4) is 0 Å². The molecule has 0 N–H and O–H groups in total. The van der Waals surface area contributed by atoms with Gasteiger partial charge in [0.05, 0.1) is 35.0 Å². The lowest BCUT2D eigenvalue weighted by atomic mass is 10.2. The number of nitrogens with zero attached hydrogens (tertiary/aromatic N) is 7. The molecule has 2 aliphatic rings. The predicted molar refractivity (Wildman–Crippen MR) is 119 cm³/mol. The number of aromatic nitrogens is 4. The topological polar surface area (TPSA) is 70.5 Å². The van der Waals surface area contributed by atoms with E-state index >= 15 is 0 Å². The van der Waals surface area contributed by atoms with E-state index in [1.54, 1.807) is 12.4 Å². The molecule has 2 aliphatic heterocycles. The van der Waals surface area contributed by atoms with Gasteiger partial charge in [-0.25, -0.2) is 19.9 Å². The smallest absolute Gasteiger partial charge is 0.165 e. The lowest BCUT2D eigenvalue weighted by Gasteiger charge is -2.34. The molecule has 1 atom stereocenters. The zero-order chi connectivity index (χ0) is 20.5. The monoisotopic (exact) mass is 425 g/mol. The third kappa shape index (κ3) is 4.02. The van der Waals surface area contributed by atoms with Gasteiger partial charge in [0.25, 0.3) is 0 Å². The molecule has 158 valence electrons. The minimum absolute atomic E-state index is 0.278. The van der Waals surface area contributed by atoms with Crippen LogP contribution in [-0.2, 0) is 11.3 Å². The number of likely N-dealkylation sites (N-methyl/N-ethyl adjacent to an activating group) is 1. The molecule has 9 heteroatoms. The first-order valence-corrected chi connectivity index (χ1v) is 11.3. The van der Waals surface area contributed by atoms with E-state index in [2.05, 4.69) is 44.7 Å². The summed E-state index contributed by atoms with van der Waals surface area (Å²) in [6.45, 7) is 9.90. The van der Waals surface area contributed by atoms with E-state index in [4.69, 9.17) is 14.7 Å². The first kappa shape index (κ1) is 19.7. The standard InChI is InChI=1S/C21H27N7OS/c1-15-13-29-8-7-28(15)21-19-18(24-20(25-21)16-10-22-14-23-11-16)9-17(30-19)12-27-5-3-26(2)4-6-27/h9-11,14-15H,3-8,12-13H2,1-2H3/t15-/m0/s1. The van der Waals surface area contributed by atoms with Crippen LogP contribution in [-0.4, -0.2) is 88.8 Å². The van der Waals surface area contributed by atoms with Crippen LogP contribution in [0.5, 0.6) is 0 Å². The molecular formula is C21H27N7OS. The van der Waals surface area contributed by atoms with Gasteiger partial charge in [-0.2, -0.15) is 0 Å². The number of rotatable bonds is 4. The van der Waals surface area contributed by atoms with Crippen molar-refractivity contribution in [1.29, 1.82) is 0 Å². The lowest BCUT2D eigenvalue weighted by molar-refractivity contribution is 0.0987. The number of hydrogen-bond acceptors (Lipinski definition) is 9. The fourth-order valence-electron chi connectivity index (χ4n) is 4.05. The first-order valence-electron chi connectivity index (χ1n) is 10.5. The van der Waals surface area contributed by atoms with E-state index in [0.717, 1.165) is 74.1 Å². The summed E-state index contributed by atoms with van der Waals surface area (Å²) in [5.41, 5.74) is 1.85. The Kier molecular flexibility index (Phi) is 5.60. The van der Waals surface area contributed by atoms with Crippen molar-refractivity contribution in [3.8, 4) is 11.4 Å². The predicted octanol–water partition coefficient (Wildman–Crippen LogP) is 2.12. The van der Waals surface area contributed by atoms with Crippen molar-refractivity contribution in [1.82, 2.24) is 29.7 Å². The summed E-state index contributed by atoms with van der Waals surface area (Å²) in [5.74, 6) is 1.69. The number of fused-ring (bicyclic) bond motifs is 1. The average Bonchev–Trinajstić information content (AvgIpc) is 3.18. The minimum atomic E-state index is 0.278. The van der Waals surface area contributed by atoms with Crippen molar-refractivity contribution in [2.24, 2.45) is 0 Å². The van der Waals surface area contributed by atoms with Crippen molar-refractivity contribution in [2.45, 2.75) is 19.5 Å². The summed E-state index contributed by atoms with van der Waals surface area (Å²) in [7, 11) is 2.19. The van der Waals surface area contributed by atoms with Crippen LogP contribution in [0.2, 0.25) is 0 Å². The Labute approximate surface area is 180 Å². The fourth-order valence-corrected chi connectivity index (χ4v) is 5.19. The Morgan fingerprint density at radius 1 is 1.10 bits per heavy atom. The van der Waals surface area contributed by atoms with Crippen molar-refractivity contribution < 1.29 is 4.74 Å². The highest BCUT2D eigenvalue weighted by atomic mass is 32.1. The van der Waals surface area contributed by atoms with Crippen molar-refractivity contribution >= 4 is 27.4 Å². The van der Waals surface area contributed by atoms with Gasteiger partial charge in [0, 0.05) is 56.5 Å². The van der Waals surface area contributed by atoms with Gasteiger partial charge < -0.3 is 14.5 Å². The molecule has 0 aliphatic carbocycles. The molecule has 2 fully saturated rings. The Morgan fingerprint density at radius 2 is 1.90 bits per heavy atom. The molecule has 3 aromatic rings. The molecule has 0 spiro atoms. The number of anilines is 1. The molecule has 30 heavy (non-hydrogen) atoms. The van der Waals surface area contributed by atoms with Gasteiger partial charge in [-0.1, -0.05) is 0 Å². The molecule has 2 saturated heterocycles. The molecule has 3 aromatic heterocycles. The highest BCUT2D eigenvalue weighted by Gasteiger charge is 2.25. The number of thiophene rings is 1. The second-order valence-electron chi connectivity index (χ2n) is 8.12. The molecule has 5 heterocycles. The Bertz CT molecular complexity index is 1000. The summed E-state index contributed by atoms with van der Waals surface area (Å²) >= 11 is 1.82. The summed E-state index contributed by atoms with van der Waals surface area (Å²) in [5, 5.41) is 0. The number of hydrogen-bond donors (Lipinski definition) is 0. The molecule has 0 bridgehead atoms. The highest BCUT2D eigenvalue weighted by Crippen LogP contribution is 2.35. The van der Waals surface area contributed by atoms with E-state index in [1.807, 2.05) is 11.3 Å². The molecule has 0 unspecified atom stereocenters. The van der Waals surface area contributed by atoms with Crippen molar-refractivity contribution in [3.05, 3.63) is 29.7 Å². The SMILES string of the molecule is C[C@H]1COCCN1c1nc(-c2cncnc2)nc2cc(CN3CCN(C)CC3)sc12. The van der Waals surface area contributed by atoms with E-state index in [1.165, 1.54) is 11.2 Å². The van der Waals surface area contributed by atoms with Gasteiger partial charge in [-0.05, 0) is 20.0 Å². The van der Waals surface area contributed by atoms with Gasteiger partial charge in [-0.15, -0.1) is 11.3 Å². The molecule has 0 saturated carbocycles. The van der Waals surface area contributed by atoms with Gasteiger partial charge in [-0.3, -0.25) is 4.90 Å². The maximum atomic E-state index is 5.66. The van der Waals surface area contributed by atoms with Gasteiger partial charge in [0.2, 0.25) is 0 Å². The van der Waals surface area contributed by atoms with Crippen LogP contribution in [0.25, 0.3) is 21.6 Å². The highest BCUT2D eigenvalue weighted by molar-refractivity contribution is 7.19. The fraction of sp³-hybridized carbons (Fsp3) is 0.524. The van der Waals surface area contributed by atoms with Crippen LogP contribution in [0.15, 0.2) is 24.8 Å². The van der Waals surface area contributed by atoms with Crippen LogP contribution < -0.4 is 4.90 Å². The van der Waals surface area contributed by atoms with Crippen LogP contribution in [0.1, 0.15) is 11.8 Å². The normalized spacial score (nSPS) is 21.4. The maximum absolute atomic E-state index is 5.66. The Hall–Kier alpha value is -2.20. The third-order valence-corrected chi connectivity index (χ3v) is 6.94. The average molecular weight is 426 g/mol. The van der Waals surface area contributed by atoms with Gasteiger partial charge in [0.1, 0.15) is 6.33 Å². The van der Waals surface area contributed by atoms with Crippen LogP contribution in [0.4, 0.5) is 5.82 Å². The van der Waals surface area contributed by atoms with Crippen molar-refractivity contribution in [3.63, 3.8) is 0 Å². The second-order valence-corrected chi connectivity index (χ2v) is 9.26. The van der Waals surface area contributed by atoms with E-state index in [9.17, 15) is 0 Å². The Balaban J connectivity index is 1.53. The molecule has 0 aromatic carbocycles. The zero-order valence-electron chi connectivity index (χ0n) is 17.5. The molecule has 0 radical (unpaired) electrons. The van der Waals surface area contributed by atoms with Crippen LogP contribution >= 0.6 is 11.3 Å². The first-order chi connectivity index (χ1) is 14.7. The van der Waals surface area contributed by atoms with E-state index < -0.39 is 0 Å². The summed E-state index contributed by atoms with van der Waals surface area (Å²) < 4.78 is 6.82. The molecule has 0 amide bonds. The van der Waals surface area contributed by atoms with Gasteiger partial charge in [0.15, 0.2) is 11.6 Å². The zero-order valence-corrected chi connectivity index (χ0v) is 18.3. The number of piperazine rings is 1.